The largest absolute Gasteiger partial charge is 0.368 e. The molecule has 3 rings (SSSR count). The zero-order valence-corrected chi connectivity index (χ0v) is 23.2. The van der Waals surface area contributed by atoms with Crippen molar-refractivity contribution in [2.24, 2.45) is 5.41 Å². The Morgan fingerprint density at radius 2 is 1.34 bits per heavy atom. The molecule has 35 heavy (non-hydrogen) atoms. The normalized spacial score (nSPS) is 15.3. The first kappa shape index (κ1) is 26.9. The van der Waals surface area contributed by atoms with Gasteiger partial charge in [-0.15, -0.1) is 0 Å². The van der Waals surface area contributed by atoms with Gasteiger partial charge in [0, 0.05) is 61.2 Å². The van der Waals surface area contributed by atoms with E-state index >= 15 is 0 Å². The Morgan fingerprint density at radius 1 is 0.800 bits per heavy atom. The molecule has 0 saturated carbocycles. The lowest BCUT2D eigenvalue weighted by molar-refractivity contribution is -0.125. The second-order valence-electron chi connectivity index (χ2n) is 12.9. The second kappa shape index (κ2) is 9.75. The van der Waals surface area contributed by atoms with Crippen molar-refractivity contribution in [2.75, 3.05) is 31.1 Å². The fourth-order valence-electron chi connectivity index (χ4n) is 4.15. The van der Waals surface area contributed by atoms with Crippen molar-refractivity contribution in [3.8, 4) is 0 Å². The number of aromatic nitrogens is 1. The molecule has 0 aliphatic carbocycles. The topological polar surface area (TPSA) is 53.5 Å². The SMILES string of the molecule is CC(C)(C)C(=O)Cc1cc(C(=O)N2CCN(c3cc(C(C)(C)C)cc(C(C)(C)C)c3)CC2)ccn1. The minimum absolute atomic E-state index is 0.00957. The summed E-state index contributed by atoms with van der Waals surface area (Å²) in [5, 5.41) is 0. The number of Topliss-reactive ketones (excluding diaryl/α,β-unsaturated/α-hetero) is 1. The lowest BCUT2D eigenvalue weighted by atomic mass is 9.80. The highest BCUT2D eigenvalue weighted by Gasteiger charge is 2.27. The van der Waals surface area contributed by atoms with Crippen molar-refractivity contribution < 1.29 is 9.59 Å². The highest BCUT2D eigenvalue weighted by molar-refractivity contribution is 5.95. The number of carbonyl (C=O) groups excluding carboxylic acids is 2. The van der Waals surface area contributed by atoms with Gasteiger partial charge in [-0.1, -0.05) is 68.4 Å². The van der Waals surface area contributed by atoms with Crippen molar-refractivity contribution >= 4 is 17.4 Å². The van der Waals surface area contributed by atoms with Crippen LogP contribution in [-0.4, -0.2) is 47.8 Å². The van der Waals surface area contributed by atoms with E-state index in [0.717, 1.165) is 13.1 Å². The first-order valence-corrected chi connectivity index (χ1v) is 12.7. The van der Waals surface area contributed by atoms with E-state index in [9.17, 15) is 9.59 Å². The Balaban J connectivity index is 1.73. The molecular formula is C30H43N3O2. The van der Waals surface area contributed by atoms with Gasteiger partial charge in [0.25, 0.3) is 5.91 Å². The molecule has 0 atom stereocenters. The summed E-state index contributed by atoms with van der Waals surface area (Å²) >= 11 is 0. The summed E-state index contributed by atoms with van der Waals surface area (Å²) in [6, 6.07) is 10.5. The molecule has 0 N–H and O–H groups in total. The van der Waals surface area contributed by atoms with Crippen LogP contribution >= 0.6 is 0 Å². The molecule has 190 valence electrons. The van der Waals surface area contributed by atoms with E-state index in [0.29, 0.717) is 24.3 Å². The van der Waals surface area contributed by atoms with Crippen LogP contribution in [0.5, 0.6) is 0 Å². The maximum atomic E-state index is 13.2. The standard InChI is InChI=1S/C30H43N3O2/c1-28(2,3)22-17-23(29(4,5)6)19-25(18-22)32-12-14-33(15-13-32)27(35)21-10-11-31-24(16-21)20-26(34)30(7,8)9/h10-11,16-19H,12-15,20H2,1-9H3. The van der Waals surface area contributed by atoms with E-state index in [1.54, 1.807) is 18.3 Å². The van der Waals surface area contributed by atoms with Crippen LogP contribution in [-0.2, 0) is 22.0 Å². The molecule has 5 heteroatoms. The molecule has 0 radical (unpaired) electrons. The van der Waals surface area contributed by atoms with Crippen molar-refractivity contribution in [2.45, 2.75) is 79.6 Å². The Morgan fingerprint density at radius 3 is 1.83 bits per heavy atom. The summed E-state index contributed by atoms with van der Waals surface area (Å²) in [6.07, 6.45) is 1.89. The second-order valence-corrected chi connectivity index (χ2v) is 12.9. The van der Waals surface area contributed by atoms with Crippen LogP contribution in [0, 0.1) is 5.41 Å². The molecule has 1 amide bonds. The van der Waals surface area contributed by atoms with Crippen molar-refractivity contribution in [3.63, 3.8) is 0 Å². The molecule has 1 aliphatic rings. The summed E-state index contributed by atoms with van der Waals surface area (Å²) in [7, 11) is 0. The summed E-state index contributed by atoms with van der Waals surface area (Å²) in [5.74, 6) is 0.130. The minimum atomic E-state index is -0.421. The lowest BCUT2D eigenvalue weighted by Gasteiger charge is -2.37. The van der Waals surface area contributed by atoms with E-state index in [1.807, 2.05) is 25.7 Å². The molecule has 1 aliphatic heterocycles. The quantitative estimate of drug-likeness (QED) is 0.559. The van der Waals surface area contributed by atoms with Gasteiger partial charge >= 0.3 is 0 Å². The first-order chi connectivity index (χ1) is 16.1. The number of pyridine rings is 1. The number of piperazine rings is 1. The summed E-state index contributed by atoms with van der Waals surface area (Å²) in [6.45, 7) is 22.2. The van der Waals surface area contributed by atoms with Crippen LogP contribution < -0.4 is 4.90 Å². The van der Waals surface area contributed by atoms with Crippen molar-refractivity contribution in [1.82, 2.24) is 9.88 Å². The molecule has 2 aromatic rings. The number of nitrogens with zero attached hydrogens (tertiary/aromatic N) is 3. The van der Waals surface area contributed by atoms with E-state index < -0.39 is 5.41 Å². The molecule has 1 aromatic heterocycles. The lowest BCUT2D eigenvalue weighted by Crippen LogP contribution is -2.49. The number of rotatable bonds is 4. The fraction of sp³-hybridized carbons (Fsp3) is 0.567. The molecule has 5 nitrogen and oxygen atoms in total. The van der Waals surface area contributed by atoms with Gasteiger partial charge in [0.2, 0.25) is 0 Å². The predicted octanol–water partition coefficient (Wildman–Crippen LogP) is 5.80. The molecule has 0 unspecified atom stereocenters. The molecule has 2 heterocycles. The number of anilines is 1. The van der Waals surface area contributed by atoms with Gasteiger partial charge in [0.15, 0.2) is 0 Å². The Labute approximate surface area is 211 Å². The number of amides is 1. The Kier molecular flexibility index (Phi) is 7.50. The van der Waals surface area contributed by atoms with Gasteiger partial charge in [-0.2, -0.15) is 0 Å². The third-order valence-corrected chi connectivity index (χ3v) is 6.82. The zero-order valence-electron chi connectivity index (χ0n) is 23.2. The van der Waals surface area contributed by atoms with Gasteiger partial charge < -0.3 is 9.80 Å². The van der Waals surface area contributed by atoms with Crippen LogP contribution in [0.15, 0.2) is 36.5 Å². The van der Waals surface area contributed by atoms with Gasteiger partial charge in [0.05, 0.1) is 0 Å². The average molecular weight is 478 g/mol. The number of ketones is 1. The average Bonchev–Trinajstić information content (AvgIpc) is 2.77. The third-order valence-electron chi connectivity index (χ3n) is 6.82. The van der Waals surface area contributed by atoms with Crippen LogP contribution in [0.1, 0.15) is 89.5 Å². The summed E-state index contributed by atoms with van der Waals surface area (Å²) in [5.41, 5.74) is 4.90. The van der Waals surface area contributed by atoms with Gasteiger partial charge in [-0.05, 0) is 46.2 Å². The smallest absolute Gasteiger partial charge is 0.254 e. The Bertz CT molecular complexity index is 1040. The van der Waals surface area contributed by atoms with E-state index in [2.05, 4.69) is 69.6 Å². The van der Waals surface area contributed by atoms with Crippen molar-refractivity contribution in [1.29, 1.82) is 0 Å². The first-order valence-electron chi connectivity index (χ1n) is 12.7. The zero-order chi connectivity index (χ0) is 26.2. The monoisotopic (exact) mass is 477 g/mol. The van der Waals surface area contributed by atoms with E-state index in [-0.39, 0.29) is 28.9 Å². The third kappa shape index (κ3) is 6.71. The number of hydrogen-bond donors (Lipinski definition) is 0. The highest BCUT2D eigenvalue weighted by atomic mass is 16.2. The molecule has 1 fully saturated rings. The van der Waals surface area contributed by atoms with Crippen LogP contribution in [0.25, 0.3) is 0 Å². The van der Waals surface area contributed by atoms with Gasteiger partial charge in [-0.25, -0.2) is 0 Å². The summed E-state index contributed by atoms with van der Waals surface area (Å²) in [4.78, 5) is 34.3. The fourth-order valence-corrected chi connectivity index (χ4v) is 4.15. The highest BCUT2D eigenvalue weighted by Crippen LogP contribution is 2.33. The van der Waals surface area contributed by atoms with Crippen LogP contribution in [0.2, 0.25) is 0 Å². The van der Waals surface area contributed by atoms with Gasteiger partial charge in [-0.3, -0.25) is 14.6 Å². The Hall–Kier alpha value is -2.69. The van der Waals surface area contributed by atoms with E-state index in [1.165, 1.54) is 16.8 Å². The van der Waals surface area contributed by atoms with Crippen molar-refractivity contribution in [3.05, 3.63) is 58.9 Å². The van der Waals surface area contributed by atoms with Gasteiger partial charge in [0.1, 0.15) is 5.78 Å². The number of benzene rings is 1. The molecule has 1 aromatic carbocycles. The number of hydrogen-bond acceptors (Lipinski definition) is 4. The summed E-state index contributed by atoms with van der Waals surface area (Å²) < 4.78 is 0. The molecule has 1 saturated heterocycles. The predicted molar refractivity (Wildman–Crippen MR) is 144 cm³/mol. The van der Waals surface area contributed by atoms with Crippen LogP contribution in [0.3, 0.4) is 0 Å². The maximum Gasteiger partial charge on any atom is 0.254 e. The molecular weight excluding hydrogens is 434 g/mol. The maximum absolute atomic E-state index is 13.2. The molecule has 0 spiro atoms. The van der Waals surface area contributed by atoms with E-state index in [4.69, 9.17) is 0 Å². The molecule has 0 bridgehead atoms. The number of carbonyl (C=O) groups is 2. The van der Waals surface area contributed by atoms with Crippen LogP contribution in [0.4, 0.5) is 5.69 Å². The minimum Gasteiger partial charge on any atom is -0.368 e.